The summed E-state index contributed by atoms with van der Waals surface area (Å²) in [6.45, 7) is 6.02. The summed E-state index contributed by atoms with van der Waals surface area (Å²) in [7, 11) is -1.84. The van der Waals surface area contributed by atoms with Crippen LogP contribution in [-0.2, 0) is 14.6 Å². The van der Waals surface area contributed by atoms with Gasteiger partial charge in [0, 0.05) is 38.0 Å². The molecule has 1 aromatic heterocycles. The standard InChI is InChI=1S/C23H27N3O5S2.ClH/c1-16-7-8-19(30-2)20-21(16)32-23(24-20)26(10-9-25-11-13-31-14-12-25)22(27)17-5-4-6-18(15-17)33(3,28)29;/h4-8,15H,9-14H2,1-3H3;1H. The number of amides is 1. The Morgan fingerprint density at radius 3 is 2.65 bits per heavy atom. The Bertz CT molecular complexity index is 1270. The minimum atomic E-state index is -3.44. The van der Waals surface area contributed by atoms with Crippen molar-refractivity contribution in [2.45, 2.75) is 11.8 Å². The Morgan fingerprint density at radius 1 is 1.24 bits per heavy atom. The molecule has 4 rings (SSSR count). The summed E-state index contributed by atoms with van der Waals surface area (Å²) < 4.78 is 35.9. The number of rotatable bonds is 7. The van der Waals surface area contributed by atoms with E-state index in [9.17, 15) is 13.2 Å². The lowest BCUT2D eigenvalue weighted by Gasteiger charge is -2.29. The van der Waals surface area contributed by atoms with E-state index < -0.39 is 9.84 Å². The highest BCUT2D eigenvalue weighted by Gasteiger charge is 2.25. The minimum absolute atomic E-state index is 0. The molecular formula is C23H28ClN3O5S2. The maximum atomic E-state index is 13.6. The number of anilines is 1. The van der Waals surface area contributed by atoms with Crippen LogP contribution in [0.2, 0.25) is 0 Å². The summed E-state index contributed by atoms with van der Waals surface area (Å²) >= 11 is 1.43. The first-order valence-corrected chi connectivity index (χ1v) is 13.3. The molecule has 11 heteroatoms. The molecule has 0 atom stereocenters. The fourth-order valence-electron chi connectivity index (χ4n) is 3.74. The van der Waals surface area contributed by atoms with Crippen LogP contribution < -0.4 is 9.64 Å². The third-order valence-corrected chi connectivity index (χ3v) is 7.96. The number of benzene rings is 2. The zero-order valence-corrected chi connectivity index (χ0v) is 21.8. The van der Waals surface area contributed by atoms with Gasteiger partial charge in [0.1, 0.15) is 11.3 Å². The van der Waals surface area contributed by atoms with Crippen molar-refractivity contribution < 1.29 is 22.7 Å². The number of methoxy groups -OCH3 is 1. The first-order chi connectivity index (χ1) is 15.8. The fourth-order valence-corrected chi connectivity index (χ4v) is 5.49. The molecule has 0 N–H and O–H groups in total. The van der Waals surface area contributed by atoms with Crippen molar-refractivity contribution in [1.29, 1.82) is 0 Å². The van der Waals surface area contributed by atoms with Gasteiger partial charge in [-0.3, -0.25) is 14.6 Å². The van der Waals surface area contributed by atoms with E-state index in [1.807, 2.05) is 19.1 Å². The molecule has 184 valence electrons. The van der Waals surface area contributed by atoms with E-state index in [1.54, 1.807) is 24.1 Å². The lowest BCUT2D eigenvalue weighted by molar-refractivity contribution is 0.0391. The van der Waals surface area contributed by atoms with Crippen LogP contribution in [0, 0.1) is 6.92 Å². The van der Waals surface area contributed by atoms with Crippen LogP contribution in [0.25, 0.3) is 10.2 Å². The monoisotopic (exact) mass is 525 g/mol. The third-order valence-electron chi connectivity index (χ3n) is 5.64. The highest BCUT2D eigenvalue weighted by Crippen LogP contribution is 2.37. The van der Waals surface area contributed by atoms with Gasteiger partial charge in [-0.2, -0.15) is 0 Å². The molecule has 0 aliphatic carbocycles. The van der Waals surface area contributed by atoms with E-state index in [0.29, 0.717) is 48.3 Å². The number of aromatic nitrogens is 1. The van der Waals surface area contributed by atoms with Gasteiger partial charge in [0.05, 0.1) is 29.9 Å². The van der Waals surface area contributed by atoms with Crippen LogP contribution >= 0.6 is 23.7 Å². The molecule has 0 saturated carbocycles. The summed E-state index contributed by atoms with van der Waals surface area (Å²) in [5, 5.41) is 0.556. The molecule has 34 heavy (non-hydrogen) atoms. The smallest absolute Gasteiger partial charge is 0.260 e. The van der Waals surface area contributed by atoms with Crippen LogP contribution in [0.4, 0.5) is 5.13 Å². The van der Waals surface area contributed by atoms with E-state index in [2.05, 4.69) is 4.90 Å². The number of fused-ring (bicyclic) bond motifs is 1. The van der Waals surface area contributed by atoms with Gasteiger partial charge >= 0.3 is 0 Å². The molecule has 0 radical (unpaired) electrons. The Hall–Kier alpha value is -2.24. The quantitative estimate of drug-likeness (QED) is 0.467. The predicted octanol–water partition coefficient (Wildman–Crippen LogP) is 3.42. The number of thiazole rings is 1. The summed E-state index contributed by atoms with van der Waals surface area (Å²) in [5.41, 5.74) is 2.07. The van der Waals surface area contributed by atoms with Gasteiger partial charge in [0.15, 0.2) is 15.0 Å². The normalized spacial score (nSPS) is 14.6. The molecule has 1 amide bonds. The van der Waals surface area contributed by atoms with Crippen molar-refractivity contribution in [2.24, 2.45) is 0 Å². The van der Waals surface area contributed by atoms with Crippen molar-refractivity contribution in [3.8, 4) is 5.75 Å². The molecule has 1 aliphatic heterocycles. The molecule has 8 nitrogen and oxygen atoms in total. The lowest BCUT2D eigenvalue weighted by atomic mass is 10.2. The summed E-state index contributed by atoms with van der Waals surface area (Å²) in [4.78, 5) is 22.4. The molecule has 2 aromatic carbocycles. The summed E-state index contributed by atoms with van der Waals surface area (Å²) in [6, 6.07) is 10.00. The van der Waals surface area contributed by atoms with E-state index >= 15 is 0 Å². The fraction of sp³-hybridized carbons (Fsp3) is 0.391. The number of nitrogens with zero attached hydrogens (tertiary/aromatic N) is 3. The maximum absolute atomic E-state index is 13.6. The number of morpholine rings is 1. The number of halogens is 1. The van der Waals surface area contributed by atoms with Crippen molar-refractivity contribution in [3.05, 3.63) is 47.5 Å². The van der Waals surface area contributed by atoms with Gasteiger partial charge in [-0.25, -0.2) is 13.4 Å². The molecule has 3 aromatic rings. The Labute approximate surface area is 209 Å². The molecule has 0 unspecified atom stereocenters. The first kappa shape index (κ1) is 26.4. The average molecular weight is 526 g/mol. The molecule has 1 aliphatic rings. The summed E-state index contributed by atoms with van der Waals surface area (Å²) in [5.74, 6) is 0.363. The molecule has 0 spiro atoms. The Kier molecular flexibility index (Phi) is 8.53. The molecule has 0 bridgehead atoms. The Morgan fingerprint density at radius 2 is 1.97 bits per heavy atom. The second kappa shape index (κ2) is 11.0. The van der Waals surface area contributed by atoms with Crippen molar-refractivity contribution >= 4 is 54.8 Å². The largest absolute Gasteiger partial charge is 0.494 e. The molecular weight excluding hydrogens is 498 g/mol. The number of hydrogen-bond donors (Lipinski definition) is 0. The van der Waals surface area contributed by atoms with Crippen molar-refractivity contribution in [1.82, 2.24) is 9.88 Å². The predicted molar refractivity (Wildman–Crippen MR) is 137 cm³/mol. The third kappa shape index (κ3) is 5.69. The number of hydrogen-bond acceptors (Lipinski definition) is 8. The number of ether oxygens (including phenoxy) is 2. The number of sulfone groups is 1. The van der Waals surface area contributed by atoms with Crippen LogP contribution in [0.1, 0.15) is 15.9 Å². The number of carbonyl (C=O) groups excluding carboxylic acids is 1. The second-order valence-electron chi connectivity index (χ2n) is 7.97. The van der Waals surface area contributed by atoms with Gasteiger partial charge in [0.25, 0.3) is 5.91 Å². The molecule has 1 fully saturated rings. The number of aryl methyl sites for hydroxylation is 1. The van der Waals surface area contributed by atoms with Crippen LogP contribution in [-0.4, -0.2) is 77.0 Å². The highest BCUT2D eigenvalue weighted by molar-refractivity contribution is 7.90. The highest BCUT2D eigenvalue weighted by atomic mass is 35.5. The SMILES string of the molecule is COc1ccc(C)c2sc(N(CCN3CCOCC3)C(=O)c3cccc(S(C)(=O)=O)c3)nc12.Cl. The van der Waals surface area contributed by atoms with Gasteiger partial charge in [0.2, 0.25) is 0 Å². The van der Waals surface area contributed by atoms with Gasteiger partial charge in [-0.1, -0.05) is 23.5 Å². The van der Waals surface area contributed by atoms with Crippen molar-refractivity contribution in [3.63, 3.8) is 0 Å². The van der Waals surface area contributed by atoms with E-state index in [1.165, 1.54) is 23.5 Å². The van der Waals surface area contributed by atoms with E-state index in [-0.39, 0.29) is 23.2 Å². The van der Waals surface area contributed by atoms with E-state index in [0.717, 1.165) is 29.6 Å². The minimum Gasteiger partial charge on any atom is -0.494 e. The van der Waals surface area contributed by atoms with Crippen LogP contribution in [0.3, 0.4) is 0 Å². The van der Waals surface area contributed by atoms with E-state index in [4.69, 9.17) is 14.5 Å². The lowest BCUT2D eigenvalue weighted by Crippen LogP contribution is -2.43. The topological polar surface area (TPSA) is 89.0 Å². The van der Waals surface area contributed by atoms with Gasteiger partial charge < -0.3 is 9.47 Å². The van der Waals surface area contributed by atoms with Gasteiger partial charge in [-0.15, -0.1) is 12.4 Å². The van der Waals surface area contributed by atoms with Gasteiger partial charge in [-0.05, 0) is 36.8 Å². The molecule has 2 heterocycles. The van der Waals surface area contributed by atoms with Crippen LogP contribution in [0.15, 0.2) is 41.3 Å². The Balaban J connectivity index is 0.00000324. The summed E-state index contributed by atoms with van der Waals surface area (Å²) in [6.07, 6.45) is 1.13. The molecule has 1 saturated heterocycles. The van der Waals surface area contributed by atoms with Crippen LogP contribution in [0.5, 0.6) is 5.75 Å². The van der Waals surface area contributed by atoms with Crippen molar-refractivity contribution in [2.75, 3.05) is 57.7 Å². The zero-order chi connectivity index (χ0) is 23.6. The second-order valence-corrected chi connectivity index (χ2v) is 11.0. The first-order valence-electron chi connectivity index (χ1n) is 10.6. The maximum Gasteiger partial charge on any atom is 0.260 e. The zero-order valence-electron chi connectivity index (χ0n) is 19.3. The average Bonchev–Trinajstić information content (AvgIpc) is 3.26. The number of carbonyl (C=O) groups is 1.